The molecule has 0 rings (SSSR count). The molecular weight excluding hydrogens is 407 g/mol. The van der Waals surface area contributed by atoms with Crippen LogP contribution in [0.5, 0.6) is 0 Å². The highest BCUT2D eigenvalue weighted by atomic mass is 32.2. The van der Waals surface area contributed by atoms with Crippen molar-refractivity contribution in [3.05, 3.63) is 12.7 Å². The van der Waals surface area contributed by atoms with Crippen molar-refractivity contribution in [3.8, 4) is 0 Å². The van der Waals surface area contributed by atoms with Gasteiger partial charge >= 0.3 is 0 Å². The quantitative estimate of drug-likeness (QED) is 0.201. The molecule has 0 fully saturated rings. The molecule has 6 unspecified atom stereocenters. The molecule has 0 saturated heterocycles. The molecule has 0 aliphatic heterocycles. The fourth-order valence-corrected chi connectivity index (χ4v) is 2.40. The van der Waals surface area contributed by atoms with Crippen LogP contribution in [0.3, 0.4) is 0 Å². The lowest BCUT2D eigenvalue weighted by molar-refractivity contribution is -0.0183. The molecule has 0 saturated carbocycles. The molecule has 0 amide bonds. The van der Waals surface area contributed by atoms with Gasteiger partial charge < -0.3 is 5.73 Å². The number of nitrogens with two attached hydrogens (primary N) is 1. The van der Waals surface area contributed by atoms with E-state index in [-0.39, 0.29) is 19.3 Å². The maximum Gasteiger partial charge on any atom is 0.267 e. The van der Waals surface area contributed by atoms with Crippen LogP contribution in [0.2, 0.25) is 0 Å². The van der Waals surface area contributed by atoms with E-state index in [9.17, 15) is 39.2 Å². The van der Waals surface area contributed by atoms with E-state index >= 15 is 0 Å². The summed E-state index contributed by atoms with van der Waals surface area (Å²) in [5.41, 5.74) is 4.91. The molecule has 0 bridgehead atoms. The summed E-state index contributed by atoms with van der Waals surface area (Å²) in [6.07, 6.45) is -17.5. The summed E-state index contributed by atoms with van der Waals surface area (Å²) >= 11 is 0. The monoisotopic (exact) mass is 433 g/mol. The Morgan fingerprint density at radius 1 is 0.889 bits per heavy atom. The normalized spacial score (nSPS) is 18.4. The average molecular weight is 433 g/mol. The third-order valence-corrected chi connectivity index (χ3v) is 3.99. The van der Waals surface area contributed by atoms with Gasteiger partial charge in [-0.1, -0.05) is 18.9 Å². The zero-order valence-corrected chi connectivity index (χ0v) is 15.4. The lowest BCUT2D eigenvalue weighted by atomic mass is 9.99. The first-order valence-electron chi connectivity index (χ1n) is 8.09. The first kappa shape index (κ1) is 28.3. The van der Waals surface area contributed by atoms with Gasteiger partial charge in [0, 0.05) is 6.54 Å². The van der Waals surface area contributed by atoms with Gasteiger partial charge in [-0.05, 0) is 12.8 Å². The Labute approximate surface area is 154 Å². The molecule has 6 atom stereocenters. The van der Waals surface area contributed by atoms with Crippen LogP contribution < -0.4 is 5.73 Å². The Kier molecular flexibility index (Phi) is 15.8. The second-order valence-corrected chi connectivity index (χ2v) is 7.12. The Hall–Kier alpha value is -0.880. The molecule has 0 aromatic rings. The molecule has 4 nitrogen and oxygen atoms in total. The summed E-state index contributed by atoms with van der Waals surface area (Å²) in [7, 11) is -4.98. The van der Waals surface area contributed by atoms with Crippen molar-refractivity contribution in [2.75, 3.05) is 19.0 Å². The van der Waals surface area contributed by atoms with Crippen LogP contribution in [0.25, 0.3) is 0 Å². The van der Waals surface area contributed by atoms with Crippen LogP contribution in [-0.4, -0.2) is 69.0 Å². The van der Waals surface area contributed by atoms with Gasteiger partial charge in [0.1, 0.15) is 11.9 Å². The lowest BCUT2D eigenvalue weighted by Gasteiger charge is -2.23. The molecule has 164 valence electrons. The fourth-order valence-electron chi connectivity index (χ4n) is 1.81. The molecule has 12 heteroatoms. The molecule has 0 aliphatic rings. The van der Waals surface area contributed by atoms with Crippen LogP contribution in [0, 0.1) is 0 Å². The minimum atomic E-state index is -4.98. The maximum atomic E-state index is 13.4. The number of hydrogen-bond donors (Lipinski definition) is 2. The number of rotatable bonds is 13. The maximum absolute atomic E-state index is 13.4. The van der Waals surface area contributed by atoms with Crippen molar-refractivity contribution >= 4 is 10.1 Å². The van der Waals surface area contributed by atoms with Crippen LogP contribution in [0.1, 0.15) is 25.7 Å². The van der Waals surface area contributed by atoms with E-state index < -0.39 is 66.0 Å². The average Bonchev–Trinajstić information content (AvgIpc) is 2.61. The SMILES string of the molecule is C=CCN.O=S(=O)(O)CC(F)C(F)C(F)C(F)C(F)C(F)CCCCCF. The van der Waals surface area contributed by atoms with Crippen molar-refractivity contribution < 1.29 is 43.7 Å². The Bertz CT molecular complexity index is 484. The predicted octanol–water partition coefficient (Wildman–Crippen LogP) is 3.56. The number of alkyl halides is 7. The minimum absolute atomic E-state index is 0.00270. The van der Waals surface area contributed by atoms with Crippen molar-refractivity contribution in [1.29, 1.82) is 0 Å². The molecule has 0 aliphatic carbocycles. The van der Waals surface area contributed by atoms with E-state index in [1.54, 1.807) is 6.08 Å². The van der Waals surface area contributed by atoms with E-state index in [2.05, 4.69) is 6.58 Å². The largest absolute Gasteiger partial charge is 0.327 e. The van der Waals surface area contributed by atoms with Crippen molar-refractivity contribution in [3.63, 3.8) is 0 Å². The Balaban J connectivity index is 0. The van der Waals surface area contributed by atoms with E-state index in [0.717, 1.165) is 0 Å². The molecule has 3 N–H and O–H groups in total. The topological polar surface area (TPSA) is 80.4 Å². The van der Waals surface area contributed by atoms with Gasteiger partial charge in [0.25, 0.3) is 10.1 Å². The van der Waals surface area contributed by atoms with Gasteiger partial charge in [0.05, 0.1) is 6.67 Å². The van der Waals surface area contributed by atoms with Crippen molar-refractivity contribution in [2.45, 2.75) is 62.7 Å². The summed E-state index contributed by atoms with van der Waals surface area (Å²) in [5, 5.41) is 0. The van der Waals surface area contributed by atoms with Gasteiger partial charge in [0.15, 0.2) is 30.9 Å². The van der Waals surface area contributed by atoms with Gasteiger partial charge in [-0.3, -0.25) is 8.94 Å². The van der Waals surface area contributed by atoms with Gasteiger partial charge in [-0.2, -0.15) is 8.42 Å². The van der Waals surface area contributed by atoms with Crippen LogP contribution in [-0.2, 0) is 10.1 Å². The molecular formula is C15H26F7NO3S. The fraction of sp³-hybridized carbons (Fsp3) is 0.867. The third-order valence-electron chi connectivity index (χ3n) is 3.25. The first-order valence-corrected chi connectivity index (χ1v) is 9.70. The van der Waals surface area contributed by atoms with Gasteiger partial charge in [-0.15, -0.1) is 6.58 Å². The summed E-state index contributed by atoms with van der Waals surface area (Å²) < 4.78 is 121. The first-order chi connectivity index (χ1) is 12.4. The van der Waals surface area contributed by atoms with Crippen LogP contribution in [0.15, 0.2) is 12.7 Å². The Morgan fingerprint density at radius 2 is 1.33 bits per heavy atom. The van der Waals surface area contributed by atoms with Crippen molar-refractivity contribution in [2.24, 2.45) is 5.73 Å². The summed E-state index contributed by atoms with van der Waals surface area (Å²) in [5.74, 6) is -1.83. The Morgan fingerprint density at radius 3 is 1.70 bits per heavy atom. The summed E-state index contributed by atoms with van der Waals surface area (Å²) in [6, 6.07) is 0. The summed E-state index contributed by atoms with van der Waals surface area (Å²) in [6.45, 7) is 3.27. The standard InChI is InChI=1S/C12H19F7O3S.C3H7N/c13-5-3-1-2-4-7(14)9(16)11(18)12(19)10(17)8(15)6-23(20,21)22;1-2-3-4/h7-12H,1-6H2,(H,20,21,22);2H,1,3-4H2. The highest BCUT2D eigenvalue weighted by molar-refractivity contribution is 7.85. The van der Waals surface area contributed by atoms with E-state index in [0.29, 0.717) is 6.54 Å². The highest BCUT2D eigenvalue weighted by Crippen LogP contribution is 2.26. The van der Waals surface area contributed by atoms with E-state index in [1.807, 2.05) is 0 Å². The zero-order chi connectivity index (χ0) is 21.6. The van der Waals surface area contributed by atoms with Crippen LogP contribution >= 0.6 is 0 Å². The van der Waals surface area contributed by atoms with Gasteiger partial charge in [0.2, 0.25) is 0 Å². The second-order valence-electron chi connectivity index (χ2n) is 5.62. The predicted molar refractivity (Wildman–Crippen MR) is 89.5 cm³/mol. The van der Waals surface area contributed by atoms with Crippen LogP contribution in [0.4, 0.5) is 30.7 Å². The number of halogens is 7. The molecule has 0 heterocycles. The smallest absolute Gasteiger partial charge is 0.267 e. The second kappa shape index (κ2) is 15.1. The van der Waals surface area contributed by atoms with Crippen molar-refractivity contribution in [1.82, 2.24) is 0 Å². The van der Waals surface area contributed by atoms with E-state index in [4.69, 9.17) is 10.3 Å². The molecule has 0 aromatic carbocycles. The summed E-state index contributed by atoms with van der Waals surface area (Å²) in [4.78, 5) is 0. The minimum Gasteiger partial charge on any atom is -0.327 e. The lowest BCUT2D eigenvalue weighted by Crippen LogP contribution is -2.44. The molecule has 0 aromatic heterocycles. The van der Waals surface area contributed by atoms with Gasteiger partial charge in [-0.25, -0.2) is 26.3 Å². The third kappa shape index (κ3) is 13.9. The molecule has 0 spiro atoms. The highest BCUT2D eigenvalue weighted by Gasteiger charge is 2.44. The molecule has 27 heavy (non-hydrogen) atoms. The zero-order valence-electron chi connectivity index (χ0n) is 14.6. The number of unbranched alkanes of at least 4 members (excludes halogenated alkanes) is 2. The van der Waals surface area contributed by atoms with E-state index in [1.165, 1.54) is 0 Å². The molecule has 0 radical (unpaired) electrons. The number of hydrogen-bond acceptors (Lipinski definition) is 3.